The van der Waals surface area contributed by atoms with Gasteiger partial charge in [0.1, 0.15) is 24.1 Å². The number of hydrogen-bond acceptors (Lipinski definition) is 4. The summed E-state index contributed by atoms with van der Waals surface area (Å²) in [6.45, 7) is 4.22. The Morgan fingerprint density at radius 2 is 1.67 bits per heavy atom. The quantitative estimate of drug-likeness (QED) is 0.257. The zero-order chi connectivity index (χ0) is 29.4. The maximum absolute atomic E-state index is 14.5. The monoisotopic (exact) mass is 564 g/mol. The number of amides is 3. The molecule has 2 aliphatic rings. The first-order valence-corrected chi connectivity index (χ1v) is 14.4. The van der Waals surface area contributed by atoms with Crippen LogP contribution in [0.15, 0.2) is 85.1 Å². The van der Waals surface area contributed by atoms with Crippen LogP contribution in [0, 0.1) is 0 Å². The molecule has 1 N–H and O–H groups in total. The van der Waals surface area contributed by atoms with E-state index in [0.29, 0.717) is 23.1 Å². The van der Waals surface area contributed by atoms with Crippen LogP contribution in [0.3, 0.4) is 0 Å². The fourth-order valence-electron chi connectivity index (χ4n) is 5.73. The van der Waals surface area contributed by atoms with E-state index in [0.717, 1.165) is 35.5 Å². The average molecular weight is 565 g/mol. The van der Waals surface area contributed by atoms with Crippen LogP contribution in [0.1, 0.15) is 55.5 Å². The van der Waals surface area contributed by atoms with Gasteiger partial charge >= 0.3 is 6.03 Å². The lowest BCUT2D eigenvalue weighted by molar-refractivity contribution is -0.119. The fourth-order valence-corrected chi connectivity index (χ4v) is 5.73. The molecule has 1 aromatic heterocycles. The van der Waals surface area contributed by atoms with E-state index in [-0.39, 0.29) is 24.5 Å². The zero-order valence-electron chi connectivity index (χ0n) is 24.4. The van der Waals surface area contributed by atoms with Crippen LogP contribution >= 0.6 is 0 Å². The van der Waals surface area contributed by atoms with Crippen molar-refractivity contribution in [1.82, 2.24) is 9.47 Å². The number of para-hydroxylation sites is 2. The van der Waals surface area contributed by atoms with Gasteiger partial charge in [-0.15, -0.1) is 0 Å². The van der Waals surface area contributed by atoms with Gasteiger partial charge in [-0.1, -0.05) is 38.1 Å². The largest absolute Gasteiger partial charge is 0.497 e. The smallest absolute Gasteiger partial charge is 0.322 e. The van der Waals surface area contributed by atoms with Gasteiger partial charge < -0.3 is 24.3 Å². The van der Waals surface area contributed by atoms with E-state index in [9.17, 15) is 9.59 Å². The highest BCUT2D eigenvalue weighted by atomic mass is 16.5. The van der Waals surface area contributed by atoms with Gasteiger partial charge in [-0.25, -0.2) is 4.79 Å². The number of rotatable bonds is 8. The van der Waals surface area contributed by atoms with Crippen molar-refractivity contribution in [2.75, 3.05) is 31.0 Å². The van der Waals surface area contributed by atoms with Crippen molar-refractivity contribution in [2.45, 2.75) is 44.7 Å². The number of methoxy groups -OCH3 is 2. The Kier molecular flexibility index (Phi) is 7.37. The number of nitrogens with one attached hydrogen (secondary N) is 1. The third-order valence-electron chi connectivity index (χ3n) is 8.10. The number of nitrogens with zero attached hydrogens (tertiary/aromatic N) is 3. The van der Waals surface area contributed by atoms with Crippen LogP contribution in [0.25, 0.3) is 5.69 Å². The predicted molar refractivity (Wildman–Crippen MR) is 164 cm³/mol. The second-order valence-corrected chi connectivity index (χ2v) is 11.1. The van der Waals surface area contributed by atoms with E-state index < -0.39 is 6.04 Å². The first kappa shape index (κ1) is 27.4. The van der Waals surface area contributed by atoms with Crippen molar-refractivity contribution in [2.24, 2.45) is 0 Å². The summed E-state index contributed by atoms with van der Waals surface area (Å²) in [6, 6.07) is 24.6. The number of carbonyl (C=O) groups is 2. The minimum absolute atomic E-state index is 0.0255. The number of anilines is 2. The number of carbonyl (C=O) groups excluding carboxylic acids is 2. The molecular formula is C34H36N4O4. The molecule has 8 heteroatoms. The lowest BCUT2D eigenvalue weighted by Gasteiger charge is -2.40. The molecule has 0 spiro atoms. The van der Waals surface area contributed by atoms with Crippen LogP contribution in [-0.4, -0.2) is 48.2 Å². The normalized spacial score (nSPS) is 15.5. The molecule has 1 aliphatic carbocycles. The minimum Gasteiger partial charge on any atom is -0.497 e. The summed E-state index contributed by atoms with van der Waals surface area (Å²) in [5.41, 5.74) is 5.30. The molecule has 4 aromatic rings. The third kappa shape index (κ3) is 5.09. The average Bonchev–Trinajstić information content (AvgIpc) is 3.73. The number of hydrogen-bond donors (Lipinski definition) is 1. The molecule has 8 nitrogen and oxygen atoms in total. The Bertz CT molecular complexity index is 1610. The maximum Gasteiger partial charge on any atom is 0.322 e. The first-order valence-electron chi connectivity index (χ1n) is 14.4. The van der Waals surface area contributed by atoms with E-state index in [1.807, 2.05) is 90.0 Å². The number of benzene rings is 3. The molecule has 2 heterocycles. The lowest BCUT2D eigenvalue weighted by atomic mass is 9.96. The molecule has 0 bridgehead atoms. The van der Waals surface area contributed by atoms with E-state index in [1.54, 1.807) is 19.1 Å². The predicted octanol–water partition coefficient (Wildman–Crippen LogP) is 6.75. The molecule has 0 radical (unpaired) electrons. The highest BCUT2D eigenvalue weighted by molar-refractivity contribution is 6.01. The van der Waals surface area contributed by atoms with Crippen molar-refractivity contribution >= 4 is 23.3 Å². The fraction of sp³-hybridized carbons (Fsp3) is 0.294. The van der Waals surface area contributed by atoms with Crippen LogP contribution in [0.4, 0.5) is 16.2 Å². The summed E-state index contributed by atoms with van der Waals surface area (Å²) in [5.74, 6) is 1.53. The zero-order valence-corrected chi connectivity index (χ0v) is 24.4. The molecule has 1 aliphatic heterocycles. The standard InChI is InChI=1S/C34H36N4O4/c1-22(2)23-11-13-24(14-12-23)35-34(40)37(25-15-16-25)21-32(39)38-29-9-6-5-8-28(29)36-19-7-10-30(36)33(38)27-20-26(41-3)17-18-31(27)42-4/h5-14,17-20,22,25,33H,15-16,21H2,1-4H3,(H,35,40). The van der Waals surface area contributed by atoms with Crippen molar-refractivity contribution in [1.29, 1.82) is 0 Å². The van der Waals surface area contributed by atoms with Gasteiger partial charge in [0, 0.05) is 23.5 Å². The van der Waals surface area contributed by atoms with Gasteiger partial charge in [0.15, 0.2) is 0 Å². The summed E-state index contributed by atoms with van der Waals surface area (Å²) < 4.78 is 13.5. The van der Waals surface area contributed by atoms with Crippen molar-refractivity contribution in [3.63, 3.8) is 0 Å². The van der Waals surface area contributed by atoms with E-state index in [2.05, 4.69) is 23.7 Å². The van der Waals surface area contributed by atoms with Gasteiger partial charge in [0.2, 0.25) is 5.91 Å². The molecule has 216 valence electrons. The summed E-state index contributed by atoms with van der Waals surface area (Å²) in [6.07, 6.45) is 3.75. The maximum atomic E-state index is 14.5. The van der Waals surface area contributed by atoms with E-state index in [1.165, 1.54) is 5.56 Å². The molecule has 6 rings (SSSR count). The SMILES string of the molecule is COc1ccc(OC)c(C2c3cccn3-c3ccccc3N2C(=O)CN(C(=O)Nc2ccc(C(C)C)cc2)C2CC2)c1. The topological polar surface area (TPSA) is 76.0 Å². The third-order valence-corrected chi connectivity index (χ3v) is 8.10. The number of aromatic nitrogens is 1. The Labute approximate surface area is 246 Å². The Hall–Kier alpha value is -4.72. The summed E-state index contributed by atoms with van der Waals surface area (Å²) in [7, 11) is 3.25. The van der Waals surface area contributed by atoms with Crippen LogP contribution in [0.5, 0.6) is 11.5 Å². The minimum atomic E-state index is -0.500. The molecule has 1 saturated carbocycles. The number of urea groups is 1. The Balaban J connectivity index is 1.36. The molecule has 3 amide bonds. The summed E-state index contributed by atoms with van der Waals surface area (Å²) in [5, 5.41) is 3.02. The van der Waals surface area contributed by atoms with Crippen LogP contribution < -0.4 is 19.7 Å². The highest BCUT2D eigenvalue weighted by Gasteiger charge is 2.41. The van der Waals surface area contributed by atoms with Gasteiger partial charge in [0.05, 0.1) is 31.3 Å². The second-order valence-electron chi connectivity index (χ2n) is 11.1. The van der Waals surface area contributed by atoms with Gasteiger partial charge in [0.25, 0.3) is 0 Å². The molecular weight excluding hydrogens is 528 g/mol. The van der Waals surface area contributed by atoms with Gasteiger partial charge in [-0.2, -0.15) is 0 Å². The van der Waals surface area contributed by atoms with Gasteiger partial charge in [-0.05, 0) is 78.9 Å². The van der Waals surface area contributed by atoms with Gasteiger partial charge in [-0.3, -0.25) is 9.69 Å². The molecule has 42 heavy (non-hydrogen) atoms. The van der Waals surface area contributed by atoms with Crippen LogP contribution in [-0.2, 0) is 4.79 Å². The Morgan fingerprint density at radius 3 is 2.33 bits per heavy atom. The molecule has 1 unspecified atom stereocenters. The molecule has 3 aromatic carbocycles. The lowest BCUT2D eigenvalue weighted by Crippen LogP contribution is -2.48. The first-order chi connectivity index (χ1) is 20.4. The molecule has 0 saturated heterocycles. The van der Waals surface area contributed by atoms with Crippen molar-refractivity contribution in [3.8, 4) is 17.2 Å². The van der Waals surface area contributed by atoms with Crippen LogP contribution in [0.2, 0.25) is 0 Å². The van der Waals surface area contributed by atoms with E-state index in [4.69, 9.17) is 9.47 Å². The molecule has 1 fully saturated rings. The van der Waals surface area contributed by atoms with E-state index >= 15 is 0 Å². The highest BCUT2D eigenvalue weighted by Crippen LogP contribution is 2.45. The second kappa shape index (κ2) is 11.3. The number of fused-ring (bicyclic) bond motifs is 3. The van der Waals surface area contributed by atoms with Crippen molar-refractivity contribution in [3.05, 3.63) is 102 Å². The Morgan fingerprint density at radius 1 is 0.929 bits per heavy atom. The van der Waals surface area contributed by atoms with Crippen molar-refractivity contribution < 1.29 is 19.1 Å². The summed E-state index contributed by atoms with van der Waals surface area (Å²) in [4.78, 5) is 31.5. The summed E-state index contributed by atoms with van der Waals surface area (Å²) >= 11 is 0. The molecule has 1 atom stereocenters. The number of ether oxygens (including phenoxy) is 2.